The number of nitrogens with zero attached hydrogens (tertiary/aromatic N) is 2. The third kappa shape index (κ3) is 4.50. The van der Waals surface area contributed by atoms with Crippen LogP contribution in [0.4, 0.5) is 14.5 Å². The van der Waals surface area contributed by atoms with Gasteiger partial charge in [0.1, 0.15) is 12.3 Å². The molecular formula is C14H13F2N3O4. The topological polar surface area (TPSA) is 93.5 Å². The Labute approximate surface area is 129 Å². The van der Waals surface area contributed by atoms with Crippen LogP contribution in [0.5, 0.6) is 5.75 Å². The zero-order valence-electron chi connectivity index (χ0n) is 12.0. The van der Waals surface area contributed by atoms with Gasteiger partial charge in [0.2, 0.25) is 5.91 Å². The molecule has 1 heterocycles. The number of anilines is 1. The Bertz CT molecular complexity index is 731. The van der Waals surface area contributed by atoms with E-state index in [1.54, 1.807) is 13.0 Å². The van der Waals surface area contributed by atoms with Crippen LogP contribution in [0.3, 0.4) is 0 Å². The van der Waals surface area contributed by atoms with Gasteiger partial charge < -0.3 is 15.2 Å². The van der Waals surface area contributed by atoms with Crippen molar-refractivity contribution in [1.82, 2.24) is 9.78 Å². The second kappa shape index (κ2) is 6.86. The van der Waals surface area contributed by atoms with Crippen molar-refractivity contribution in [3.8, 4) is 5.75 Å². The Morgan fingerprint density at radius 1 is 1.39 bits per heavy atom. The van der Waals surface area contributed by atoms with Crippen LogP contribution in [-0.4, -0.2) is 33.4 Å². The molecule has 0 aliphatic rings. The molecule has 0 saturated heterocycles. The Morgan fingerprint density at radius 3 is 2.74 bits per heavy atom. The standard InChI is InChI=1S/C14H13F2N3O4/c1-8-2-3-11(23-14(15)16)10(6-8)17-12(20)7-19-5-4-9(18-19)13(21)22/h2-6,14H,7H2,1H3,(H,17,20)(H,21,22). The van der Waals surface area contributed by atoms with Gasteiger partial charge in [0.25, 0.3) is 0 Å². The number of carboxylic acids is 1. The second-order valence-electron chi connectivity index (χ2n) is 4.63. The van der Waals surface area contributed by atoms with Gasteiger partial charge >= 0.3 is 12.6 Å². The third-order valence-corrected chi connectivity index (χ3v) is 2.79. The summed E-state index contributed by atoms with van der Waals surface area (Å²) in [5.41, 5.74) is 0.644. The minimum Gasteiger partial charge on any atom is -0.476 e. The summed E-state index contributed by atoms with van der Waals surface area (Å²) in [5.74, 6) is -1.93. The van der Waals surface area contributed by atoms with Crippen LogP contribution in [0.2, 0.25) is 0 Å². The largest absolute Gasteiger partial charge is 0.476 e. The molecule has 2 aromatic rings. The highest BCUT2D eigenvalue weighted by molar-refractivity contribution is 5.92. The zero-order chi connectivity index (χ0) is 17.0. The molecule has 0 spiro atoms. The highest BCUT2D eigenvalue weighted by Gasteiger charge is 2.14. The van der Waals surface area contributed by atoms with E-state index >= 15 is 0 Å². The van der Waals surface area contributed by atoms with Gasteiger partial charge in [0, 0.05) is 6.20 Å². The first-order valence-electron chi connectivity index (χ1n) is 6.47. The van der Waals surface area contributed by atoms with Gasteiger partial charge in [-0.05, 0) is 30.7 Å². The fourth-order valence-corrected chi connectivity index (χ4v) is 1.84. The summed E-state index contributed by atoms with van der Waals surface area (Å²) in [6.07, 6.45) is 1.33. The number of alkyl halides is 2. The van der Waals surface area contributed by atoms with Crippen molar-refractivity contribution in [2.24, 2.45) is 0 Å². The molecule has 0 saturated carbocycles. The van der Waals surface area contributed by atoms with Crippen molar-refractivity contribution in [3.63, 3.8) is 0 Å². The van der Waals surface area contributed by atoms with Crippen molar-refractivity contribution in [3.05, 3.63) is 41.7 Å². The molecule has 122 valence electrons. The van der Waals surface area contributed by atoms with Gasteiger partial charge in [-0.2, -0.15) is 13.9 Å². The number of carboxylic acid groups (broad SMARTS) is 1. The molecule has 1 aromatic carbocycles. The second-order valence-corrected chi connectivity index (χ2v) is 4.63. The molecular weight excluding hydrogens is 312 g/mol. The summed E-state index contributed by atoms with van der Waals surface area (Å²) < 4.78 is 30.2. The molecule has 0 radical (unpaired) electrons. The van der Waals surface area contributed by atoms with E-state index in [1.165, 1.54) is 24.4 Å². The van der Waals surface area contributed by atoms with E-state index in [9.17, 15) is 18.4 Å². The lowest BCUT2D eigenvalue weighted by Crippen LogP contribution is -2.20. The number of benzene rings is 1. The van der Waals surface area contributed by atoms with Crippen LogP contribution in [0.15, 0.2) is 30.5 Å². The van der Waals surface area contributed by atoms with E-state index in [-0.39, 0.29) is 23.7 Å². The first-order valence-corrected chi connectivity index (χ1v) is 6.47. The predicted octanol–water partition coefficient (Wildman–Crippen LogP) is 2.13. The molecule has 7 nitrogen and oxygen atoms in total. The molecule has 0 atom stereocenters. The lowest BCUT2D eigenvalue weighted by molar-refractivity contribution is -0.117. The first kappa shape index (κ1) is 16.4. The Kier molecular flexibility index (Phi) is 4.89. The quantitative estimate of drug-likeness (QED) is 0.848. The summed E-state index contributed by atoms with van der Waals surface area (Å²) in [6, 6.07) is 5.63. The van der Waals surface area contributed by atoms with Crippen LogP contribution in [0.25, 0.3) is 0 Å². The number of hydrogen-bond acceptors (Lipinski definition) is 4. The number of rotatable bonds is 6. The molecule has 0 aliphatic heterocycles. The number of aryl methyl sites for hydroxylation is 1. The van der Waals surface area contributed by atoms with Gasteiger partial charge in [-0.15, -0.1) is 0 Å². The lowest BCUT2D eigenvalue weighted by Gasteiger charge is -2.12. The smallest absolute Gasteiger partial charge is 0.387 e. The van der Waals surface area contributed by atoms with Gasteiger partial charge in [-0.25, -0.2) is 4.79 Å². The van der Waals surface area contributed by atoms with E-state index in [1.807, 2.05) is 0 Å². The van der Waals surface area contributed by atoms with E-state index in [0.717, 1.165) is 10.2 Å². The number of aromatic nitrogens is 2. The van der Waals surface area contributed by atoms with Crippen molar-refractivity contribution < 1.29 is 28.2 Å². The van der Waals surface area contributed by atoms with E-state index < -0.39 is 18.5 Å². The average molecular weight is 325 g/mol. The summed E-state index contributed by atoms with van der Waals surface area (Å²) in [5, 5.41) is 14.9. The maximum absolute atomic E-state index is 12.4. The number of aromatic carboxylic acids is 1. The number of nitrogens with one attached hydrogen (secondary N) is 1. The Morgan fingerprint density at radius 2 is 2.13 bits per heavy atom. The highest BCUT2D eigenvalue weighted by Crippen LogP contribution is 2.27. The lowest BCUT2D eigenvalue weighted by atomic mass is 10.2. The number of halogens is 2. The van der Waals surface area contributed by atoms with Gasteiger partial charge in [0.15, 0.2) is 5.69 Å². The minimum absolute atomic E-state index is 0.0981. The van der Waals surface area contributed by atoms with E-state index in [2.05, 4.69) is 15.2 Å². The normalized spacial score (nSPS) is 10.6. The average Bonchev–Trinajstić information content (AvgIpc) is 2.90. The van der Waals surface area contributed by atoms with Crippen LogP contribution < -0.4 is 10.1 Å². The molecule has 2 rings (SSSR count). The zero-order valence-corrected chi connectivity index (χ0v) is 12.0. The number of carbonyl (C=O) groups is 2. The maximum Gasteiger partial charge on any atom is 0.387 e. The number of amides is 1. The molecule has 0 unspecified atom stereocenters. The highest BCUT2D eigenvalue weighted by atomic mass is 19.3. The summed E-state index contributed by atoms with van der Waals surface area (Å²) in [7, 11) is 0. The molecule has 23 heavy (non-hydrogen) atoms. The van der Waals surface area contributed by atoms with Crippen LogP contribution >= 0.6 is 0 Å². The summed E-state index contributed by atoms with van der Waals surface area (Å²) in [6.45, 7) is -1.55. The minimum atomic E-state index is -3.02. The van der Waals surface area contributed by atoms with Crippen LogP contribution in [0, 0.1) is 6.92 Å². The number of carbonyl (C=O) groups excluding carboxylic acids is 1. The van der Waals surface area contributed by atoms with Crippen molar-refractivity contribution in [2.45, 2.75) is 20.1 Å². The van der Waals surface area contributed by atoms with Gasteiger partial charge in [0.05, 0.1) is 5.69 Å². The van der Waals surface area contributed by atoms with Gasteiger partial charge in [-0.3, -0.25) is 9.48 Å². The monoisotopic (exact) mass is 325 g/mol. The van der Waals surface area contributed by atoms with Crippen molar-refractivity contribution >= 4 is 17.6 Å². The van der Waals surface area contributed by atoms with Crippen LogP contribution in [0.1, 0.15) is 16.1 Å². The van der Waals surface area contributed by atoms with E-state index in [4.69, 9.17) is 5.11 Å². The third-order valence-electron chi connectivity index (χ3n) is 2.79. The Balaban J connectivity index is 2.09. The van der Waals surface area contributed by atoms with Gasteiger partial charge in [-0.1, -0.05) is 6.07 Å². The maximum atomic E-state index is 12.4. The molecule has 0 bridgehead atoms. The molecule has 2 N–H and O–H groups in total. The molecule has 0 aliphatic carbocycles. The van der Waals surface area contributed by atoms with E-state index in [0.29, 0.717) is 0 Å². The Hall–Kier alpha value is -2.97. The molecule has 0 fully saturated rings. The number of ether oxygens (including phenoxy) is 1. The van der Waals surface area contributed by atoms with Crippen molar-refractivity contribution in [1.29, 1.82) is 0 Å². The molecule has 1 amide bonds. The summed E-state index contributed by atoms with van der Waals surface area (Å²) in [4.78, 5) is 22.7. The fourth-order valence-electron chi connectivity index (χ4n) is 1.84. The molecule has 9 heteroatoms. The predicted molar refractivity (Wildman–Crippen MR) is 75.6 cm³/mol. The van der Waals surface area contributed by atoms with Crippen molar-refractivity contribution in [2.75, 3.05) is 5.32 Å². The fraction of sp³-hybridized carbons (Fsp3) is 0.214. The molecule has 1 aromatic heterocycles. The summed E-state index contributed by atoms with van der Waals surface area (Å²) >= 11 is 0. The SMILES string of the molecule is Cc1ccc(OC(F)F)c(NC(=O)Cn2ccc(C(=O)O)n2)c1. The van der Waals surface area contributed by atoms with Crippen LogP contribution in [-0.2, 0) is 11.3 Å². The number of hydrogen-bond donors (Lipinski definition) is 2. The first-order chi connectivity index (χ1) is 10.8.